The van der Waals surface area contributed by atoms with Crippen LogP contribution in [0, 0.1) is 11.3 Å². The van der Waals surface area contributed by atoms with Gasteiger partial charge in [-0.05, 0) is 45.2 Å². The topological polar surface area (TPSA) is 40.5 Å². The lowest BCUT2D eigenvalue weighted by molar-refractivity contribution is -0.144. The predicted molar refractivity (Wildman–Crippen MR) is 60.9 cm³/mol. The number of aliphatic carboxylic acids is 1. The van der Waals surface area contributed by atoms with E-state index in [0.29, 0.717) is 0 Å². The van der Waals surface area contributed by atoms with Crippen LogP contribution in [0.4, 0.5) is 0 Å². The second-order valence-electron chi connectivity index (χ2n) is 5.36. The Morgan fingerprint density at radius 1 is 1.47 bits per heavy atom. The van der Waals surface area contributed by atoms with Crippen LogP contribution in [0.2, 0.25) is 0 Å². The van der Waals surface area contributed by atoms with Crippen molar-refractivity contribution in [3.63, 3.8) is 0 Å². The predicted octanol–water partition coefficient (Wildman–Crippen LogP) is 2.22. The van der Waals surface area contributed by atoms with Gasteiger partial charge in [0, 0.05) is 6.54 Å². The second kappa shape index (κ2) is 4.97. The molecular weight excluding hydrogens is 190 g/mol. The highest BCUT2D eigenvalue weighted by atomic mass is 16.4. The molecule has 0 amide bonds. The molecule has 1 aliphatic rings. The van der Waals surface area contributed by atoms with Crippen LogP contribution in [0.5, 0.6) is 0 Å². The second-order valence-corrected chi connectivity index (χ2v) is 5.36. The first-order valence-electron chi connectivity index (χ1n) is 5.88. The molecule has 3 nitrogen and oxygen atoms in total. The Bertz CT molecular complexity index is 222. The van der Waals surface area contributed by atoms with Crippen LogP contribution in [-0.2, 0) is 4.79 Å². The van der Waals surface area contributed by atoms with Crippen molar-refractivity contribution in [3.05, 3.63) is 0 Å². The minimum atomic E-state index is -0.613. The Kier molecular flexibility index (Phi) is 4.14. The van der Waals surface area contributed by atoms with Crippen molar-refractivity contribution in [2.45, 2.75) is 39.5 Å². The molecule has 1 fully saturated rings. The zero-order valence-electron chi connectivity index (χ0n) is 10.1. The van der Waals surface area contributed by atoms with Crippen molar-refractivity contribution >= 4 is 5.97 Å². The number of hydrogen-bond donors (Lipinski definition) is 1. The highest BCUT2D eigenvalue weighted by molar-refractivity contribution is 5.78. The molecule has 0 aromatic heterocycles. The van der Waals surface area contributed by atoms with E-state index in [2.05, 4.69) is 18.7 Å². The quantitative estimate of drug-likeness (QED) is 0.705. The van der Waals surface area contributed by atoms with E-state index in [9.17, 15) is 4.79 Å². The fourth-order valence-corrected chi connectivity index (χ4v) is 1.96. The molecule has 0 spiro atoms. The fraction of sp³-hybridized carbons (Fsp3) is 0.917. The van der Waals surface area contributed by atoms with E-state index in [0.717, 1.165) is 31.8 Å². The summed E-state index contributed by atoms with van der Waals surface area (Å²) in [6.45, 7) is 6.19. The Labute approximate surface area is 92.5 Å². The maximum absolute atomic E-state index is 11.0. The average molecular weight is 213 g/mol. The largest absolute Gasteiger partial charge is 0.481 e. The SMILES string of the molecule is CC(C)CCCN(C)CC1(C(=O)O)CC1. The lowest BCUT2D eigenvalue weighted by Crippen LogP contribution is -2.32. The molecule has 88 valence electrons. The van der Waals surface area contributed by atoms with Crippen LogP contribution in [0.25, 0.3) is 0 Å². The lowest BCUT2D eigenvalue weighted by atomic mass is 10.1. The number of rotatable bonds is 7. The molecule has 1 rings (SSSR count). The molecule has 1 N–H and O–H groups in total. The number of nitrogens with zero attached hydrogens (tertiary/aromatic N) is 1. The summed E-state index contributed by atoms with van der Waals surface area (Å²) in [4.78, 5) is 13.1. The Balaban J connectivity index is 2.19. The molecule has 0 aliphatic heterocycles. The molecule has 0 bridgehead atoms. The summed E-state index contributed by atoms with van der Waals surface area (Å²) in [5.41, 5.74) is -0.396. The third-order valence-electron chi connectivity index (χ3n) is 3.20. The van der Waals surface area contributed by atoms with Crippen LogP contribution in [-0.4, -0.2) is 36.1 Å². The number of hydrogen-bond acceptors (Lipinski definition) is 2. The normalized spacial score (nSPS) is 18.5. The van der Waals surface area contributed by atoms with E-state index >= 15 is 0 Å². The number of carbonyl (C=O) groups is 1. The maximum atomic E-state index is 11.0. The van der Waals surface area contributed by atoms with Gasteiger partial charge in [-0.3, -0.25) is 4.79 Å². The van der Waals surface area contributed by atoms with E-state index in [1.807, 2.05) is 7.05 Å². The van der Waals surface area contributed by atoms with Gasteiger partial charge in [-0.25, -0.2) is 0 Å². The van der Waals surface area contributed by atoms with Crippen molar-refractivity contribution < 1.29 is 9.90 Å². The number of carboxylic acids is 1. The third-order valence-corrected chi connectivity index (χ3v) is 3.20. The smallest absolute Gasteiger partial charge is 0.310 e. The summed E-state index contributed by atoms with van der Waals surface area (Å²) in [6.07, 6.45) is 4.11. The molecule has 1 aliphatic carbocycles. The monoisotopic (exact) mass is 213 g/mol. The average Bonchev–Trinajstić information content (AvgIpc) is 2.84. The molecule has 0 atom stereocenters. The summed E-state index contributed by atoms with van der Waals surface area (Å²) >= 11 is 0. The first-order valence-corrected chi connectivity index (χ1v) is 5.88. The minimum absolute atomic E-state index is 0.396. The van der Waals surface area contributed by atoms with Gasteiger partial charge in [0.05, 0.1) is 5.41 Å². The third kappa shape index (κ3) is 3.82. The minimum Gasteiger partial charge on any atom is -0.481 e. The fourth-order valence-electron chi connectivity index (χ4n) is 1.96. The molecule has 0 aromatic carbocycles. The van der Waals surface area contributed by atoms with Gasteiger partial charge in [-0.1, -0.05) is 13.8 Å². The van der Waals surface area contributed by atoms with Gasteiger partial charge in [0.25, 0.3) is 0 Å². The molecular formula is C12H23NO2. The van der Waals surface area contributed by atoms with Gasteiger partial charge in [-0.2, -0.15) is 0 Å². The first-order chi connectivity index (χ1) is 6.96. The zero-order chi connectivity index (χ0) is 11.5. The van der Waals surface area contributed by atoms with Gasteiger partial charge >= 0.3 is 5.97 Å². The summed E-state index contributed by atoms with van der Waals surface area (Å²) in [5, 5.41) is 9.04. The Hall–Kier alpha value is -0.570. The van der Waals surface area contributed by atoms with Crippen LogP contribution in [0.3, 0.4) is 0 Å². The highest BCUT2D eigenvalue weighted by Crippen LogP contribution is 2.46. The standard InChI is InChI=1S/C12H23NO2/c1-10(2)5-4-8-13(3)9-12(6-7-12)11(14)15/h10H,4-9H2,1-3H3,(H,14,15). The van der Waals surface area contributed by atoms with Gasteiger partial charge < -0.3 is 10.0 Å². The van der Waals surface area contributed by atoms with Crippen LogP contribution in [0.1, 0.15) is 39.5 Å². The Morgan fingerprint density at radius 2 is 2.07 bits per heavy atom. The van der Waals surface area contributed by atoms with Crippen molar-refractivity contribution in [1.82, 2.24) is 4.90 Å². The highest BCUT2D eigenvalue weighted by Gasteiger charge is 2.50. The lowest BCUT2D eigenvalue weighted by Gasteiger charge is -2.21. The number of carboxylic acid groups (broad SMARTS) is 1. The van der Waals surface area contributed by atoms with Crippen LogP contribution < -0.4 is 0 Å². The van der Waals surface area contributed by atoms with Crippen molar-refractivity contribution in [2.24, 2.45) is 11.3 Å². The van der Waals surface area contributed by atoms with E-state index in [4.69, 9.17) is 5.11 Å². The molecule has 0 radical (unpaired) electrons. The van der Waals surface area contributed by atoms with Crippen molar-refractivity contribution in [2.75, 3.05) is 20.1 Å². The summed E-state index contributed by atoms with van der Waals surface area (Å²) in [7, 11) is 2.03. The van der Waals surface area contributed by atoms with Gasteiger partial charge in [0.15, 0.2) is 0 Å². The molecule has 15 heavy (non-hydrogen) atoms. The first kappa shape index (κ1) is 12.5. The molecule has 0 aromatic rings. The van der Waals surface area contributed by atoms with E-state index in [1.165, 1.54) is 12.8 Å². The maximum Gasteiger partial charge on any atom is 0.310 e. The molecule has 1 saturated carbocycles. The Morgan fingerprint density at radius 3 is 2.47 bits per heavy atom. The van der Waals surface area contributed by atoms with Crippen LogP contribution >= 0.6 is 0 Å². The van der Waals surface area contributed by atoms with Gasteiger partial charge in [0.1, 0.15) is 0 Å². The van der Waals surface area contributed by atoms with E-state index in [1.54, 1.807) is 0 Å². The molecule has 0 heterocycles. The molecule has 0 saturated heterocycles. The van der Waals surface area contributed by atoms with E-state index < -0.39 is 11.4 Å². The van der Waals surface area contributed by atoms with Crippen molar-refractivity contribution in [3.8, 4) is 0 Å². The van der Waals surface area contributed by atoms with Crippen LogP contribution in [0.15, 0.2) is 0 Å². The van der Waals surface area contributed by atoms with E-state index in [-0.39, 0.29) is 0 Å². The summed E-state index contributed by atoms with van der Waals surface area (Å²) < 4.78 is 0. The summed E-state index contributed by atoms with van der Waals surface area (Å²) in [6, 6.07) is 0. The summed E-state index contributed by atoms with van der Waals surface area (Å²) in [5.74, 6) is 0.131. The zero-order valence-corrected chi connectivity index (χ0v) is 10.1. The molecule has 0 unspecified atom stereocenters. The van der Waals surface area contributed by atoms with Gasteiger partial charge in [-0.15, -0.1) is 0 Å². The molecule has 3 heteroatoms. The van der Waals surface area contributed by atoms with Gasteiger partial charge in [0.2, 0.25) is 0 Å². The van der Waals surface area contributed by atoms with Crippen molar-refractivity contribution in [1.29, 1.82) is 0 Å².